The van der Waals surface area contributed by atoms with Gasteiger partial charge in [-0.15, -0.1) is 0 Å². The number of hydrogen-bond donors (Lipinski definition) is 2. The molecule has 1 saturated carbocycles. The Morgan fingerprint density at radius 2 is 2.18 bits per heavy atom. The second-order valence-corrected chi connectivity index (χ2v) is 7.33. The Morgan fingerprint density at radius 1 is 1.45 bits per heavy atom. The van der Waals surface area contributed by atoms with Crippen molar-refractivity contribution in [2.24, 2.45) is 11.3 Å². The highest BCUT2D eigenvalue weighted by Gasteiger charge is 2.57. The van der Waals surface area contributed by atoms with Crippen LogP contribution in [0.3, 0.4) is 0 Å². The largest absolute Gasteiger partial charge is 0.488 e. The maximum absolute atomic E-state index is 12.3. The third-order valence-corrected chi connectivity index (χ3v) is 5.49. The number of hydrogen-bond acceptors (Lipinski definition) is 3. The van der Waals surface area contributed by atoms with Crippen molar-refractivity contribution in [2.45, 2.75) is 32.3 Å². The van der Waals surface area contributed by atoms with Gasteiger partial charge in [-0.1, -0.05) is 12.1 Å². The minimum Gasteiger partial charge on any atom is -0.488 e. The lowest BCUT2D eigenvalue weighted by molar-refractivity contribution is -0.123. The molecule has 0 radical (unpaired) electrons. The highest BCUT2D eigenvalue weighted by molar-refractivity contribution is 9.10. The number of amides is 1. The molecule has 3 rings (SSSR count). The molecule has 5 heteroatoms. The molecule has 2 aliphatic rings. The second kappa shape index (κ2) is 6.59. The van der Waals surface area contributed by atoms with Crippen LogP contribution in [0.4, 0.5) is 0 Å². The van der Waals surface area contributed by atoms with Gasteiger partial charge >= 0.3 is 0 Å². The van der Waals surface area contributed by atoms with Crippen molar-refractivity contribution in [3.05, 3.63) is 28.7 Å². The standard InChI is InChI=1S/C17H23BrN2O2/c1-12(22-15-5-3-2-4-14(15)18)11-20-16(21)13-10-17(13)6-8-19-9-7-17/h2-5,12-13,19H,6-11H2,1H3,(H,20,21). The molecule has 2 N–H and O–H groups in total. The summed E-state index contributed by atoms with van der Waals surface area (Å²) in [5.41, 5.74) is 0.294. The van der Waals surface area contributed by atoms with Crippen LogP contribution in [0, 0.1) is 11.3 Å². The van der Waals surface area contributed by atoms with Gasteiger partial charge in [-0.05, 0) is 72.8 Å². The van der Waals surface area contributed by atoms with E-state index in [1.165, 1.54) is 0 Å². The zero-order valence-electron chi connectivity index (χ0n) is 12.9. The summed E-state index contributed by atoms with van der Waals surface area (Å²) in [4.78, 5) is 12.3. The van der Waals surface area contributed by atoms with E-state index in [-0.39, 0.29) is 17.9 Å². The summed E-state index contributed by atoms with van der Waals surface area (Å²) in [5, 5.41) is 6.42. The smallest absolute Gasteiger partial charge is 0.223 e. The number of carbonyl (C=O) groups excluding carboxylic acids is 1. The Balaban J connectivity index is 1.44. The number of nitrogens with one attached hydrogen (secondary N) is 2. The molecule has 1 aromatic carbocycles. The predicted molar refractivity (Wildman–Crippen MR) is 89.9 cm³/mol. The predicted octanol–water partition coefficient (Wildman–Crippen LogP) is 2.72. The number of rotatable bonds is 5. The van der Waals surface area contributed by atoms with Crippen LogP contribution in [0.2, 0.25) is 0 Å². The molecule has 0 aromatic heterocycles. The van der Waals surface area contributed by atoms with Crippen LogP contribution >= 0.6 is 15.9 Å². The molecule has 2 atom stereocenters. The number of para-hydroxylation sites is 1. The Labute approximate surface area is 140 Å². The van der Waals surface area contributed by atoms with Crippen molar-refractivity contribution in [3.8, 4) is 5.75 Å². The third-order valence-electron chi connectivity index (χ3n) is 4.83. The Kier molecular flexibility index (Phi) is 4.73. The second-order valence-electron chi connectivity index (χ2n) is 6.47. The Bertz CT molecular complexity index is 543. The summed E-state index contributed by atoms with van der Waals surface area (Å²) < 4.78 is 6.80. The van der Waals surface area contributed by atoms with E-state index >= 15 is 0 Å². The molecule has 1 aliphatic heterocycles. The fourth-order valence-corrected chi connectivity index (χ4v) is 3.74. The van der Waals surface area contributed by atoms with Crippen molar-refractivity contribution >= 4 is 21.8 Å². The molecular weight excluding hydrogens is 344 g/mol. The number of carbonyl (C=O) groups is 1. The van der Waals surface area contributed by atoms with Crippen LogP contribution in [0.15, 0.2) is 28.7 Å². The molecule has 2 unspecified atom stereocenters. The third kappa shape index (κ3) is 3.46. The van der Waals surface area contributed by atoms with E-state index in [9.17, 15) is 4.79 Å². The maximum atomic E-state index is 12.3. The Hall–Kier alpha value is -1.07. The molecular formula is C17H23BrN2O2. The van der Waals surface area contributed by atoms with Crippen LogP contribution in [-0.4, -0.2) is 31.6 Å². The molecule has 22 heavy (non-hydrogen) atoms. The normalized spacial score (nSPS) is 23.8. The SMILES string of the molecule is CC(CNC(=O)C1CC12CCNCC2)Oc1ccccc1Br. The van der Waals surface area contributed by atoms with Crippen molar-refractivity contribution in [1.82, 2.24) is 10.6 Å². The lowest BCUT2D eigenvalue weighted by Gasteiger charge is -2.23. The van der Waals surface area contributed by atoms with Gasteiger partial charge in [0, 0.05) is 5.92 Å². The first-order valence-corrected chi connectivity index (χ1v) is 8.80. The van der Waals surface area contributed by atoms with E-state index in [1.54, 1.807) is 0 Å². The van der Waals surface area contributed by atoms with E-state index in [2.05, 4.69) is 26.6 Å². The van der Waals surface area contributed by atoms with Gasteiger partial charge in [-0.25, -0.2) is 0 Å². The summed E-state index contributed by atoms with van der Waals surface area (Å²) in [6.07, 6.45) is 3.27. The molecule has 4 nitrogen and oxygen atoms in total. The van der Waals surface area contributed by atoms with Gasteiger partial charge in [0.2, 0.25) is 5.91 Å². The van der Waals surface area contributed by atoms with Crippen LogP contribution in [0.25, 0.3) is 0 Å². The minimum absolute atomic E-state index is 0.0506. The number of halogens is 1. The van der Waals surface area contributed by atoms with Gasteiger partial charge in [-0.2, -0.15) is 0 Å². The summed E-state index contributed by atoms with van der Waals surface area (Å²) in [5.74, 6) is 1.22. The fourth-order valence-electron chi connectivity index (χ4n) is 3.36. The highest BCUT2D eigenvalue weighted by Crippen LogP contribution is 2.58. The van der Waals surface area contributed by atoms with Gasteiger partial charge in [0.05, 0.1) is 11.0 Å². The van der Waals surface area contributed by atoms with Gasteiger partial charge in [0.15, 0.2) is 0 Å². The highest BCUT2D eigenvalue weighted by atomic mass is 79.9. The van der Waals surface area contributed by atoms with E-state index in [4.69, 9.17) is 4.74 Å². The molecule has 1 aliphatic carbocycles. The van der Waals surface area contributed by atoms with Crippen LogP contribution in [-0.2, 0) is 4.79 Å². The van der Waals surface area contributed by atoms with Crippen LogP contribution < -0.4 is 15.4 Å². The first kappa shape index (κ1) is 15.8. The zero-order valence-corrected chi connectivity index (χ0v) is 14.5. The summed E-state index contributed by atoms with van der Waals surface area (Å²) in [7, 11) is 0. The Morgan fingerprint density at radius 3 is 2.91 bits per heavy atom. The average molecular weight is 367 g/mol. The fraction of sp³-hybridized carbons (Fsp3) is 0.588. The van der Waals surface area contributed by atoms with Gasteiger partial charge < -0.3 is 15.4 Å². The lowest BCUT2D eigenvalue weighted by atomic mass is 9.92. The molecule has 0 bridgehead atoms. The first-order valence-electron chi connectivity index (χ1n) is 8.00. The summed E-state index contributed by atoms with van der Waals surface area (Å²) in [6.45, 7) is 4.62. The average Bonchev–Trinajstić information content (AvgIpc) is 3.21. The molecule has 120 valence electrons. The van der Waals surface area contributed by atoms with Crippen molar-refractivity contribution in [1.29, 1.82) is 0 Å². The summed E-state index contributed by atoms with van der Waals surface area (Å²) >= 11 is 3.47. The minimum atomic E-state index is -0.0506. The zero-order chi connectivity index (χ0) is 15.6. The number of piperidine rings is 1. The van der Waals surface area contributed by atoms with Gasteiger partial charge in [0.25, 0.3) is 0 Å². The van der Waals surface area contributed by atoms with Crippen molar-refractivity contribution in [2.75, 3.05) is 19.6 Å². The molecule has 1 heterocycles. The van der Waals surface area contributed by atoms with E-state index in [0.29, 0.717) is 12.0 Å². The number of benzene rings is 1. The molecule has 1 spiro atoms. The molecule has 1 saturated heterocycles. The number of ether oxygens (including phenoxy) is 1. The van der Waals surface area contributed by atoms with E-state index < -0.39 is 0 Å². The van der Waals surface area contributed by atoms with E-state index in [0.717, 1.165) is 42.6 Å². The first-order chi connectivity index (χ1) is 10.6. The molecule has 2 fully saturated rings. The van der Waals surface area contributed by atoms with Gasteiger partial charge in [-0.3, -0.25) is 4.79 Å². The van der Waals surface area contributed by atoms with Crippen molar-refractivity contribution < 1.29 is 9.53 Å². The monoisotopic (exact) mass is 366 g/mol. The van der Waals surface area contributed by atoms with E-state index in [1.807, 2.05) is 31.2 Å². The lowest BCUT2D eigenvalue weighted by Crippen LogP contribution is -2.37. The van der Waals surface area contributed by atoms with Crippen LogP contribution in [0.5, 0.6) is 5.75 Å². The summed E-state index contributed by atoms with van der Waals surface area (Å²) in [6, 6.07) is 7.77. The molecule has 1 amide bonds. The van der Waals surface area contributed by atoms with Gasteiger partial charge in [0.1, 0.15) is 11.9 Å². The topological polar surface area (TPSA) is 50.4 Å². The quantitative estimate of drug-likeness (QED) is 0.842. The molecule has 1 aromatic rings. The maximum Gasteiger partial charge on any atom is 0.223 e. The van der Waals surface area contributed by atoms with Crippen LogP contribution in [0.1, 0.15) is 26.2 Å². The van der Waals surface area contributed by atoms with Crippen molar-refractivity contribution in [3.63, 3.8) is 0 Å².